The van der Waals surface area contributed by atoms with Gasteiger partial charge >= 0.3 is 0 Å². The van der Waals surface area contributed by atoms with E-state index in [-0.39, 0.29) is 18.3 Å². The molecule has 8 heteroatoms. The fraction of sp³-hybridized carbons (Fsp3) is 0.0455. The van der Waals surface area contributed by atoms with Crippen LogP contribution in [0.5, 0.6) is 5.75 Å². The molecule has 0 saturated carbocycles. The fourth-order valence-electron chi connectivity index (χ4n) is 2.81. The molecule has 0 saturated heterocycles. The van der Waals surface area contributed by atoms with Crippen molar-refractivity contribution < 1.29 is 13.9 Å². The van der Waals surface area contributed by atoms with E-state index in [1.165, 1.54) is 30.6 Å². The van der Waals surface area contributed by atoms with Gasteiger partial charge in [-0.05, 0) is 60.7 Å². The third-order valence-electron chi connectivity index (χ3n) is 4.19. The van der Waals surface area contributed by atoms with Gasteiger partial charge in [-0.2, -0.15) is 0 Å². The number of carbonyl (C=O) groups excluding carboxylic acids is 1. The van der Waals surface area contributed by atoms with E-state index in [2.05, 4.69) is 36.5 Å². The number of fused-ring (bicyclic) bond motifs is 1. The van der Waals surface area contributed by atoms with E-state index in [9.17, 15) is 9.18 Å². The maximum absolute atomic E-state index is 12.9. The summed E-state index contributed by atoms with van der Waals surface area (Å²) in [6.45, 7) is -0.196. The molecule has 0 aliphatic carbocycles. The quantitative estimate of drug-likeness (QED) is 0.403. The molecular formula is C22H16BrFN4O2. The highest BCUT2D eigenvalue weighted by Gasteiger charge is 2.09. The number of hydrogen-bond donors (Lipinski definition) is 2. The van der Waals surface area contributed by atoms with Gasteiger partial charge in [0.1, 0.15) is 23.7 Å². The van der Waals surface area contributed by atoms with Crippen molar-refractivity contribution in [2.24, 2.45) is 0 Å². The van der Waals surface area contributed by atoms with Crippen molar-refractivity contribution in [3.8, 4) is 5.75 Å². The van der Waals surface area contributed by atoms with Gasteiger partial charge in [0.15, 0.2) is 6.61 Å². The van der Waals surface area contributed by atoms with Crippen LogP contribution in [0.1, 0.15) is 0 Å². The van der Waals surface area contributed by atoms with Gasteiger partial charge in [0.25, 0.3) is 5.91 Å². The van der Waals surface area contributed by atoms with E-state index >= 15 is 0 Å². The Kier molecular flexibility index (Phi) is 5.85. The first-order valence-corrected chi connectivity index (χ1v) is 9.82. The second-order valence-electron chi connectivity index (χ2n) is 6.38. The number of benzene rings is 3. The molecule has 3 aromatic carbocycles. The summed E-state index contributed by atoms with van der Waals surface area (Å²) in [4.78, 5) is 20.8. The van der Waals surface area contributed by atoms with Crippen LogP contribution in [0.15, 0.2) is 77.5 Å². The van der Waals surface area contributed by atoms with Crippen LogP contribution in [-0.4, -0.2) is 22.5 Å². The zero-order valence-electron chi connectivity index (χ0n) is 15.6. The maximum atomic E-state index is 12.9. The lowest BCUT2D eigenvalue weighted by Crippen LogP contribution is -2.20. The first-order chi connectivity index (χ1) is 14.6. The Morgan fingerprint density at radius 3 is 2.63 bits per heavy atom. The molecule has 1 heterocycles. The van der Waals surface area contributed by atoms with E-state index in [0.29, 0.717) is 17.3 Å². The van der Waals surface area contributed by atoms with Crippen molar-refractivity contribution in [3.05, 3.63) is 83.3 Å². The third-order valence-corrected chi connectivity index (χ3v) is 4.68. The summed E-state index contributed by atoms with van der Waals surface area (Å²) in [5.74, 6) is 0.338. The van der Waals surface area contributed by atoms with Gasteiger partial charge in [-0.3, -0.25) is 4.79 Å². The first-order valence-electron chi connectivity index (χ1n) is 9.02. The maximum Gasteiger partial charge on any atom is 0.262 e. The minimum absolute atomic E-state index is 0.196. The molecule has 0 unspecified atom stereocenters. The Morgan fingerprint density at radius 1 is 1.00 bits per heavy atom. The minimum Gasteiger partial charge on any atom is -0.484 e. The van der Waals surface area contributed by atoms with Gasteiger partial charge in [0.05, 0.1) is 5.52 Å². The average Bonchev–Trinajstić information content (AvgIpc) is 2.74. The molecule has 2 N–H and O–H groups in total. The van der Waals surface area contributed by atoms with Crippen molar-refractivity contribution in [3.63, 3.8) is 0 Å². The number of ether oxygens (including phenoxy) is 1. The molecule has 0 spiro atoms. The van der Waals surface area contributed by atoms with Crippen LogP contribution in [0.2, 0.25) is 0 Å². The molecule has 0 bridgehead atoms. The molecule has 0 aliphatic heterocycles. The van der Waals surface area contributed by atoms with Crippen LogP contribution >= 0.6 is 15.9 Å². The van der Waals surface area contributed by atoms with Gasteiger partial charge in [-0.15, -0.1) is 0 Å². The topological polar surface area (TPSA) is 76.1 Å². The Balaban J connectivity index is 1.49. The number of carbonyl (C=O) groups is 1. The number of halogens is 2. The molecule has 4 rings (SSSR count). The Hall–Kier alpha value is -3.52. The summed E-state index contributed by atoms with van der Waals surface area (Å²) >= 11 is 3.45. The van der Waals surface area contributed by atoms with Gasteiger partial charge in [0, 0.05) is 21.2 Å². The van der Waals surface area contributed by atoms with Crippen LogP contribution < -0.4 is 15.4 Å². The van der Waals surface area contributed by atoms with Gasteiger partial charge in [-0.1, -0.05) is 22.0 Å². The van der Waals surface area contributed by atoms with Gasteiger partial charge in [0.2, 0.25) is 0 Å². The predicted octanol–water partition coefficient (Wildman–Crippen LogP) is 5.29. The third kappa shape index (κ3) is 4.90. The molecule has 4 aromatic rings. The smallest absolute Gasteiger partial charge is 0.262 e. The molecule has 0 atom stereocenters. The number of amides is 1. The normalized spacial score (nSPS) is 10.6. The van der Waals surface area contributed by atoms with Crippen molar-refractivity contribution in [1.82, 2.24) is 9.97 Å². The summed E-state index contributed by atoms with van der Waals surface area (Å²) in [6.07, 6.45) is 1.48. The standard InChI is InChI=1S/C22H16BrFN4O2/c23-14-2-1-3-16(10-14)28-22-19-11-17(6-9-20(19)25-13-26-22)27-21(29)12-30-18-7-4-15(24)5-8-18/h1-11,13H,12H2,(H,27,29)(H,25,26,28). The second kappa shape index (κ2) is 8.87. The van der Waals surface area contributed by atoms with Crippen LogP contribution in [0, 0.1) is 5.82 Å². The number of aromatic nitrogens is 2. The Morgan fingerprint density at radius 2 is 1.83 bits per heavy atom. The fourth-order valence-corrected chi connectivity index (χ4v) is 3.21. The number of hydrogen-bond acceptors (Lipinski definition) is 5. The SMILES string of the molecule is O=C(COc1ccc(F)cc1)Nc1ccc2ncnc(Nc3cccc(Br)c3)c2c1. The first kappa shape index (κ1) is 19.8. The number of rotatable bonds is 6. The monoisotopic (exact) mass is 466 g/mol. The molecule has 0 fully saturated rings. The molecule has 1 aromatic heterocycles. The van der Waals surface area contributed by atoms with E-state index in [0.717, 1.165) is 21.1 Å². The molecule has 0 radical (unpaired) electrons. The van der Waals surface area contributed by atoms with Crippen molar-refractivity contribution in [2.75, 3.05) is 17.2 Å². The molecular weight excluding hydrogens is 451 g/mol. The number of anilines is 3. The van der Waals surface area contributed by atoms with E-state index in [1.807, 2.05) is 24.3 Å². The van der Waals surface area contributed by atoms with E-state index in [4.69, 9.17) is 4.74 Å². The molecule has 30 heavy (non-hydrogen) atoms. The largest absolute Gasteiger partial charge is 0.484 e. The summed E-state index contributed by atoms with van der Waals surface area (Å²) < 4.78 is 19.3. The van der Waals surface area contributed by atoms with Crippen molar-refractivity contribution in [1.29, 1.82) is 0 Å². The highest BCUT2D eigenvalue weighted by molar-refractivity contribution is 9.10. The zero-order valence-corrected chi connectivity index (χ0v) is 17.2. The van der Waals surface area contributed by atoms with Crippen LogP contribution in [0.25, 0.3) is 10.9 Å². The van der Waals surface area contributed by atoms with E-state index < -0.39 is 0 Å². The highest BCUT2D eigenvalue weighted by atomic mass is 79.9. The molecule has 150 valence electrons. The van der Waals surface area contributed by atoms with Crippen molar-refractivity contribution in [2.45, 2.75) is 0 Å². The van der Waals surface area contributed by atoms with Crippen LogP contribution in [0.4, 0.5) is 21.6 Å². The van der Waals surface area contributed by atoms with Gasteiger partial charge in [-0.25, -0.2) is 14.4 Å². The van der Waals surface area contributed by atoms with Gasteiger partial charge < -0.3 is 15.4 Å². The predicted molar refractivity (Wildman–Crippen MR) is 117 cm³/mol. The van der Waals surface area contributed by atoms with E-state index in [1.54, 1.807) is 18.2 Å². The lowest BCUT2D eigenvalue weighted by atomic mass is 10.2. The molecule has 6 nitrogen and oxygen atoms in total. The lowest BCUT2D eigenvalue weighted by Gasteiger charge is -2.11. The number of nitrogens with zero attached hydrogens (tertiary/aromatic N) is 2. The van der Waals surface area contributed by atoms with Crippen LogP contribution in [0.3, 0.4) is 0 Å². The summed E-state index contributed by atoms with van der Waals surface area (Å²) in [5.41, 5.74) is 2.19. The summed E-state index contributed by atoms with van der Waals surface area (Å²) in [5, 5.41) is 6.82. The summed E-state index contributed by atoms with van der Waals surface area (Å²) in [6, 6.07) is 18.6. The number of nitrogens with one attached hydrogen (secondary N) is 2. The Bertz CT molecular complexity index is 1200. The summed E-state index contributed by atoms with van der Waals surface area (Å²) in [7, 11) is 0. The lowest BCUT2D eigenvalue weighted by molar-refractivity contribution is -0.118. The Labute approximate surface area is 180 Å². The second-order valence-corrected chi connectivity index (χ2v) is 7.30. The zero-order chi connectivity index (χ0) is 20.9. The highest BCUT2D eigenvalue weighted by Crippen LogP contribution is 2.27. The minimum atomic E-state index is -0.363. The molecule has 0 aliphatic rings. The van der Waals surface area contributed by atoms with Crippen molar-refractivity contribution >= 4 is 49.9 Å². The average molecular weight is 467 g/mol. The van der Waals surface area contributed by atoms with Crippen LogP contribution in [-0.2, 0) is 4.79 Å². The molecule has 1 amide bonds.